The molecule has 0 spiro atoms. The molecule has 0 aliphatic carbocycles. The van der Waals surface area contributed by atoms with Gasteiger partial charge in [-0.05, 0) is 41.8 Å². The minimum Gasteiger partial charge on any atom is -0.493 e. The second-order valence-corrected chi connectivity index (χ2v) is 3.76. The van der Waals surface area contributed by atoms with Crippen LogP contribution in [-0.4, -0.2) is 19.2 Å². The molecule has 1 heterocycles. The van der Waals surface area contributed by atoms with E-state index >= 15 is 0 Å². The highest BCUT2D eigenvalue weighted by Gasteiger charge is 2.07. The number of hydrogen-bond donors (Lipinski definition) is 0. The van der Waals surface area contributed by atoms with Gasteiger partial charge >= 0.3 is 0 Å². The molecule has 0 unspecified atom stereocenters. The van der Waals surface area contributed by atoms with Gasteiger partial charge in [0.15, 0.2) is 11.5 Å². The highest BCUT2D eigenvalue weighted by atomic mass is 16.5. The fraction of sp³-hybridized carbons (Fsp3) is 0.214. The first-order chi connectivity index (χ1) is 8.26. The molecular weight excluding hydrogens is 214 g/mol. The van der Waals surface area contributed by atoms with E-state index in [0.717, 1.165) is 28.2 Å². The predicted molar refractivity (Wildman–Crippen MR) is 67.5 cm³/mol. The van der Waals surface area contributed by atoms with Gasteiger partial charge in [0.2, 0.25) is 0 Å². The molecule has 0 saturated heterocycles. The predicted octanol–water partition coefficient (Wildman–Crippen LogP) is 3.07. The van der Waals surface area contributed by atoms with Crippen molar-refractivity contribution in [3.63, 3.8) is 0 Å². The first-order valence-corrected chi connectivity index (χ1v) is 5.39. The minimum atomic E-state index is 0.737. The van der Waals surface area contributed by atoms with E-state index < -0.39 is 0 Å². The van der Waals surface area contributed by atoms with Gasteiger partial charge in [-0.15, -0.1) is 0 Å². The average molecular weight is 229 g/mol. The van der Waals surface area contributed by atoms with Crippen molar-refractivity contribution < 1.29 is 9.47 Å². The lowest BCUT2D eigenvalue weighted by Crippen LogP contribution is -1.91. The summed E-state index contributed by atoms with van der Waals surface area (Å²) in [5.74, 6) is 1.48. The highest BCUT2D eigenvalue weighted by molar-refractivity contribution is 5.69. The second kappa shape index (κ2) is 4.87. The van der Waals surface area contributed by atoms with Crippen molar-refractivity contribution in [1.82, 2.24) is 4.98 Å². The molecule has 0 N–H and O–H groups in total. The van der Waals surface area contributed by atoms with Crippen LogP contribution in [0.5, 0.6) is 11.5 Å². The Morgan fingerprint density at radius 1 is 1.00 bits per heavy atom. The molecular formula is C14H15NO2. The molecule has 1 aromatic heterocycles. The van der Waals surface area contributed by atoms with E-state index in [1.807, 2.05) is 37.4 Å². The number of hydrogen-bond acceptors (Lipinski definition) is 3. The molecule has 0 aliphatic rings. The van der Waals surface area contributed by atoms with Gasteiger partial charge in [0.25, 0.3) is 0 Å². The van der Waals surface area contributed by atoms with E-state index in [2.05, 4.69) is 4.98 Å². The molecule has 0 saturated carbocycles. The molecule has 3 nitrogen and oxygen atoms in total. The van der Waals surface area contributed by atoms with Gasteiger partial charge < -0.3 is 9.47 Å². The molecule has 3 heteroatoms. The van der Waals surface area contributed by atoms with Crippen LogP contribution in [0.1, 0.15) is 5.56 Å². The number of pyridine rings is 1. The summed E-state index contributed by atoms with van der Waals surface area (Å²) >= 11 is 0. The summed E-state index contributed by atoms with van der Waals surface area (Å²) in [5.41, 5.74) is 3.39. The first-order valence-electron chi connectivity index (χ1n) is 5.39. The Labute approximate surface area is 101 Å². The summed E-state index contributed by atoms with van der Waals surface area (Å²) in [6.45, 7) is 2.04. The largest absolute Gasteiger partial charge is 0.493 e. The molecule has 0 bridgehead atoms. The number of ether oxygens (including phenoxy) is 2. The Balaban J connectivity index is 2.50. The van der Waals surface area contributed by atoms with Crippen molar-refractivity contribution in [2.75, 3.05) is 14.2 Å². The van der Waals surface area contributed by atoms with Gasteiger partial charge in [0, 0.05) is 12.4 Å². The summed E-state index contributed by atoms with van der Waals surface area (Å²) in [7, 11) is 3.27. The normalized spacial score (nSPS) is 10.1. The number of benzene rings is 1. The maximum Gasteiger partial charge on any atom is 0.161 e. The van der Waals surface area contributed by atoms with E-state index in [1.54, 1.807) is 20.4 Å². The number of rotatable bonds is 3. The zero-order valence-corrected chi connectivity index (χ0v) is 10.2. The van der Waals surface area contributed by atoms with Crippen molar-refractivity contribution in [1.29, 1.82) is 0 Å². The van der Waals surface area contributed by atoms with Gasteiger partial charge in [0.1, 0.15) is 0 Å². The van der Waals surface area contributed by atoms with E-state index in [4.69, 9.17) is 9.47 Å². The van der Waals surface area contributed by atoms with Crippen molar-refractivity contribution >= 4 is 0 Å². The van der Waals surface area contributed by atoms with Crippen LogP contribution >= 0.6 is 0 Å². The molecule has 1 aromatic carbocycles. The van der Waals surface area contributed by atoms with Crippen molar-refractivity contribution in [2.24, 2.45) is 0 Å². The van der Waals surface area contributed by atoms with E-state index in [0.29, 0.717) is 0 Å². The molecule has 2 aromatic rings. The van der Waals surface area contributed by atoms with Crippen LogP contribution in [0, 0.1) is 6.92 Å². The van der Waals surface area contributed by atoms with Crippen molar-refractivity contribution in [2.45, 2.75) is 6.92 Å². The maximum atomic E-state index is 5.30. The fourth-order valence-corrected chi connectivity index (χ4v) is 1.80. The molecule has 0 amide bonds. The van der Waals surface area contributed by atoms with E-state index in [1.165, 1.54) is 0 Å². The van der Waals surface area contributed by atoms with Gasteiger partial charge in [-0.2, -0.15) is 0 Å². The van der Waals surface area contributed by atoms with Crippen molar-refractivity contribution in [3.8, 4) is 22.6 Å². The third-order valence-electron chi connectivity index (χ3n) is 2.71. The molecule has 0 fully saturated rings. The number of aryl methyl sites for hydroxylation is 1. The smallest absolute Gasteiger partial charge is 0.161 e. The SMILES string of the molecule is COc1ccc(-c2ccncc2C)cc1OC. The molecule has 2 rings (SSSR count). The van der Waals surface area contributed by atoms with Crippen LogP contribution in [0.15, 0.2) is 36.7 Å². The quantitative estimate of drug-likeness (QED) is 0.810. The van der Waals surface area contributed by atoms with Crippen LogP contribution in [0.3, 0.4) is 0 Å². The molecule has 0 atom stereocenters. The fourth-order valence-electron chi connectivity index (χ4n) is 1.80. The topological polar surface area (TPSA) is 31.4 Å². The zero-order valence-electron chi connectivity index (χ0n) is 10.2. The van der Waals surface area contributed by atoms with Crippen LogP contribution in [0.25, 0.3) is 11.1 Å². The maximum absolute atomic E-state index is 5.30. The summed E-state index contributed by atoms with van der Waals surface area (Å²) < 4.78 is 10.5. The Bertz CT molecular complexity index is 523. The monoisotopic (exact) mass is 229 g/mol. The second-order valence-electron chi connectivity index (χ2n) is 3.76. The lowest BCUT2D eigenvalue weighted by molar-refractivity contribution is 0.355. The number of aromatic nitrogens is 1. The van der Waals surface area contributed by atoms with Crippen LogP contribution in [0.4, 0.5) is 0 Å². The van der Waals surface area contributed by atoms with Gasteiger partial charge in [-0.3, -0.25) is 4.98 Å². The third-order valence-corrected chi connectivity index (χ3v) is 2.71. The van der Waals surface area contributed by atoms with E-state index in [9.17, 15) is 0 Å². The highest BCUT2D eigenvalue weighted by Crippen LogP contribution is 2.33. The lowest BCUT2D eigenvalue weighted by atomic mass is 10.0. The van der Waals surface area contributed by atoms with Gasteiger partial charge in [0.05, 0.1) is 14.2 Å². The van der Waals surface area contributed by atoms with E-state index in [-0.39, 0.29) is 0 Å². The Morgan fingerprint density at radius 2 is 1.76 bits per heavy atom. The summed E-state index contributed by atoms with van der Waals surface area (Å²) in [5, 5.41) is 0. The Morgan fingerprint density at radius 3 is 2.41 bits per heavy atom. The molecule has 17 heavy (non-hydrogen) atoms. The first kappa shape index (κ1) is 11.5. The average Bonchev–Trinajstić information content (AvgIpc) is 2.38. The number of nitrogens with zero attached hydrogens (tertiary/aromatic N) is 1. The van der Waals surface area contributed by atoms with Crippen LogP contribution in [0.2, 0.25) is 0 Å². The summed E-state index contributed by atoms with van der Waals surface area (Å²) in [6.07, 6.45) is 3.64. The number of methoxy groups -OCH3 is 2. The molecule has 0 aliphatic heterocycles. The van der Waals surface area contributed by atoms with Gasteiger partial charge in [-0.1, -0.05) is 6.07 Å². The van der Waals surface area contributed by atoms with Crippen LogP contribution in [-0.2, 0) is 0 Å². The Hall–Kier alpha value is -2.03. The standard InChI is InChI=1S/C14H15NO2/c1-10-9-15-7-6-12(10)11-4-5-13(16-2)14(8-11)17-3/h4-9H,1-3H3. The Kier molecular flexibility index (Phi) is 3.28. The molecule has 88 valence electrons. The summed E-state index contributed by atoms with van der Waals surface area (Å²) in [4.78, 5) is 4.09. The van der Waals surface area contributed by atoms with Gasteiger partial charge in [-0.25, -0.2) is 0 Å². The molecule has 0 radical (unpaired) electrons. The third kappa shape index (κ3) is 2.23. The van der Waals surface area contributed by atoms with Crippen molar-refractivity contribution in [3.05, 3.63) is 42.2 Å². The summed E-state index contributed by atoms with van der Waals surface area (Å²) in [6, 6.07) is 7.90. The lowest BCUT2D eigenvalue weighted by Gasteiger charge is -2.10. The minimum absolute atomic E-state index is 0.737. The zero-order chi connectivity index (χ0) is 12.3. The van der Waals surface area contributed by atoms with Crippen LogP contribution < -0.4 is 9.47 Å².